The predicted octanol–water partition coefficient (Wildman–Crippen LogP) is 3.18. The molecule has 0 radical (unpaired) electrons. The highest BCUT2D eigenvalue weighted by Crippen LogP contribution is 2.31. The van der Waals surface area contributed by atoms with Gasteiger partial charge >= 0.3 is 0 Å². The quantitative estimate of drug-likeness (QED) is 0.754. The van der Waals surface area contributed by atoms with E-state index in [4.69, 9.17) is 4.74 Å². The van der Waals surface area contributed by atoms with Gasteiger partial charge in [-0.15, -0.1) is 0 Å². The molecule has 0 aromatic heterocycles. The van der Waals surface area contributed by atoms with Gasteiger partial charge in [0, 0.05) is 11.0 Å². The Bertz CT molecular complexity index is 698. The monoisotopic (exact) mass is 379 g/mol. The fourth-order valence-electron chi connectivity index (χ4n) is 2.08. The topological polar surface area (TPSA) is 70.0 Å². The number of halogens is 1. The van der Waals surface area contributed by atoms with Crippen molar-refractivity contribution in [3.8, 4) is 17.2 Å². The Morgan fingerprint density at radius 2 is 1.78 bits per heavy atom. The zero-order chi connectivity index (χ0) is 17.0. The first-order valence-corrected chi connectivity index (χ1v) is 7.78. The van der Waals surface area contributed by atoms with Crippen LogP contribution in [0.2, 0.25) is 0 Å². The molecule has 5 nitrogen and oxygen atoms in total. The molecule has 0 fully saturated rings. The van der Waals surface area contributed by atoms with Crippen molar-refractivity contribution in [1.82, 2.24) is 4.90 Å². The van der Waals surface area contributed by atoms with Crippen molar-refractivity contribution in [2.75, 3.05) is 20.7 Å². The van der Waals surface area contributed by atoms with E-state index in [0.717, 1.165) is 4.47 Å². The van der Waals surface area contributed by atoms with Gasteiger partial charge in [0.1, 0.15) is 17.2 Å². The number of carbonyl (C=O) groups excluding carboxylic acids is 1. The second-order valence-electron chi connectivity index (χ2n) is 5.36. The van der Waals surface area contributed by atoms with Gasteiger partial charge in [0.05, 0.1) is 11.1 Å². The van der Waals surface area contributed by atoms with Crippen molar-refractivity contribution in [2.45, 2.75) is 6.54 Å². The molecular weight excluding hydrogens is 362 g/mol. The van der Waals surface area contributed by atoms with Crippen molar-refractivity contribution in [3.05, 3.63) is 52.0 Å². The Balaban J connectivity index is 2.14. The summed E-state index contributed by atoms with van der Waals surface area (Å²) in [6.07, 6.45) is 0. The number of nitrogens with zero attached hydrogens (tertiary/aromatic N) is 1. The molecule has 2 aromatic carbocycles. The average Bonchev–Trinajstić information content (AvgIpc) is 2.50. The summed E-state index contributed by atoms with van der Waals surface area (Å²) in [5.41, 5.74) is 0.459. The molecule has 0 unspecified atom stereocenters. The lowest BCUT2D eigenvalue weighted by atomic mass is 10.0. The highest BCUT2D eigenvalue weighted by molar-refractivity contribution is 9.10. The van der Waals surface area contributed by atoms with E-state index in [1.54, 1.807) is 17.0 Å². The maximum absolute atomic E-state index is 12.3. The molecule has 122 valence electrons. The van der Waals surface area contributed by atoms with Gasteiger partial charge in [-0.05, 0) is 50.5 Å². The SMILES string of the molecule is CN(C)Cc1c(O)ccc(C(=O)COc2ccc(Br)cc2)c1O. The lowest BCUT2D eigenvalue weighted by Crippen LogP contribution is -2.15. The van der Waals surface area contributed by atoms with Gasteiger partial charge in [-0.25, -0.2) is 0 Å². The maximum Gasteiger partial charge on any atom is 0.203 e. The molecule has 0 bridgehead atoms. The third-order valence-corrected chi connectivity index (χ3v) is 3.75. The van der Waals surface area contributed by atoms with Gasteiger partial charge in [-0.1, -0.05) is 15.9 Å². The highest BCUT2D eigenvalue weighted by atomic mass is 79.9. The molecule has 2 N–H and O–H groups in total. The molecule has 0 aliphatic heterocycles. The molecule has 0 saturated heterocycles. The molecule has 0 heterocycles. The van der Waals surface area contributed by atoms with Crippen molar-refractivity contribution in [2.24, 2.45) is 0 Å². The van der Waals surface area contributed by atoms with Crippen LogP contribution < -0.4 is 4.74 Å². The smallest absolute Gasteiger partial charge is 0.203 e. The van der Waals surface area contributed by atoms with Crippen molar-refractivity contribution in [3.63, 3.8) is 0 Å². The minimum Gasteiger partial charge on any atom is -0.507 e. The first-order chi connectivity index (χ1) is 10.9. The molecule has 23 heavy (non-hydrogen) atoms. The molecule has 0 aliphatic rings. The number of carbonyl (C=O) groups is 1. The molecule has 0 aliphatic carbocycles. The number of benzene rings is 2. The first-order valence-electron chi connectivity index (χ1n) is 6.98. The summed E-state index contributed by atoms with van der Waals surface area (Å²) in [7, 11) is 3.62. The number of ketones is 1. The van der Waals surface area contributed by atoms with Crippen LogP contribution in [0.3, 0.4) is 0 Å². The molecule has 6 heteroatoms. The van der Waals surface area contributed by atoms with Gasteiger partial charge in [-0.2, -0.15) is 0 Å². The van der Waals surface area contributed by atoms with E-state index in [1.807, 2.05) is 26.2 Å². The molecule has 0 spiro atoms. The van der Waals surface area contributed by atoms with Gasteiger partial charge in [0.2, 0.25) is 5.78 Å². The molecule has 0 amide bonds. The number of hydrogen-bond donors (Lipinski definition) is 2. The molecule has 0 atom stereocenters. The molecule has 0 saturated carbocycles. The third-order valence-electron chi connectivity index (χ3n) is 3.22. The van der Waals surface area contributed by atoms with Gasteiger partial charge < -0.3 is 19.8 Å². The summed E-state index contributed by atoms with van der Waals surface area (Å²) < 4.78 is 6.35. The van der Waals surface area contributed by atoms with Crippen LogP contribution >= 0.6 is 15.9 Å². The van der Waals surface area contributed by atoms with Gasteiger partial charge in [0.25, 0.3) is 0 Å². The van der Waals surface area contributed by atoms with E-state index in [2.05, 4.69) is 15.9 Å². The Hall–Kier alpha value is -2.05. The van der Waals surface area contributed by atoms with Crippen molar-refractivity contribution < 1.29 is 19.7 Å². The van der Waals surface area contributed by atoms with Crippen LogP contribution in [-0.2, 0) is 6.54 Å². The van der Waals surface area contributed by atoms with Crippen LogP contribution in [0.4, 0.5) is 0 Å². The minimum atomic E-state index is -0.356. The Morgan fingerprint density at radius 1 is 1.13 bits per heavy atom. The van der Waals surface area contributed by atoms with E-state index in [0.29, 0.717) is 17.9 Å². The van der Waals surface area contributed by atoms with Crippen molar-refractivity contribution >= 4 is 21.7 Å². The molecule has 2 aromatic rings. The zero-order valence-corrected chi connectivity index (χ0v) is 14.5. The number of hydrogen-bond acceptors (Lipinski definition) is 5. The van der Waals surface area contributed by atoms with Crippen LogP contribution in [0.1, 0.15) is 15.9 Å². The molecular formula is C17H18BrNO4. The summed E-state index contributed by atoms with van der Waals surface area (Å²) >= 11 is 3.32. The van der Waals surface area contributed by atoms with Crippen LogP contribution in [0, 0.1) is 0 Å². The fourth-order valence-corrected chi connectivity index (χ4v) is 2.34. The number of phenolic OH excluding ortho intramolecular Hbond substituents is 2. The molecule has 2 rings (SSSR count). The first kappa shape index (κ1) is 17.3. The van der Waals surface area contributed by atoms with E-state index in [9.17, 15) is 15.0 Å². The Morgan fingerprint density at radius 3 is 2.39 bits per heavy atom. The second kappa shape index (κ2) is 7.48. The van der Waals surface area contributed by atoms with E-state index in [-0.39, 0.29) is 29.5 Å². The third kappa shape index (κ3) is 4.46. The lowest BCUT2D eigenvalue weighted by Gasteiger charge is -2.15. The average molecular weight is 380 g/mol. The standard InChI is InChI=1S/C17H18BrNO4/c1-19(2)9-14-15(20)8-7-13(17(14)22)16(21)10-23-12-5-3-11(18)4-6-12/h3-8,20,22H,9-10H2,1-2H3. The predicted molar refractivity (Wildman–Crippen MR) is 91.1 cm³/mol. The largest absolute Gasteiger partial charge is 0.507 e. The number of aromatic hydroxyl groups is 2. The lowest BCUT2D eigenvalue weighted by molar-refractivity contribution is 0.0918. The summed E-state index contributed by atoms with van der Waals surface area (Å²) in [6.45, 7) is 0.133. The van der Waals surface area contributed by atoms with Crippen LogP contribution in [0.25, 0.3) is 0 Å². The van der Waals surface area contributed by atoms with Gasteiger partial charge in [-0.3, -0.25) is 4.79 Å². The summed E-state index contributed by atoms with van der Waals surface area (Å²) in [4.78, 5) is 14.1. The van der Waals surface area contributed by atoms with Crippen LogP contribution in [0.15, 0.2) is 40.9 Å². The Labute approximate surface area is 143 Å². The fraction of sp³-hybridized carbons (Fsp3) is 0.235. The zero-order valence-electron chi connectivity index (χ0n) is 12.9. The normalized spacial score (nSPS) is 10.8. The Kier molecular flexibility index (Phi) is 5.63. The van der Waals surface area contributed by atoms with E-state index < -0.39 is 0 Å². The van der Waals surface area contributed by atoms with Crippen molar-refractivity contribution in [1.29, 1.82) is 0 Å². The summed E-state index contributed by atoms with van der Waals surface area (Å²) in [6, 6.07) is 9.92. The highest BCUT2D eigenvalue weighted by Gasteiger charge is 2.18. The van der Waals surface area contributed by atoms with Gasteiger partial charge in [0.15, 0.2) is 6.61 Å². The number of Topliss-reactive ketones (excluding diaryl/α,β-unsaturated/α-hetero) is 1. The van der Waals surface area contributed by atoms with E-state index in [1.165, 1.54) is 12.1 Å². The minimum absolute atomic E-state index is 0.0402. The number of phenols is 2. The summed E-state index contributed by atoms with van der Waals surface area (Å²) in [5.74, 6) is -0.0385. The summed E-state index contributed by atoms with van der Waals surface area (Å²) in [5, 5.41) is 20.1. The van der Waals surface area contributed by atoms with Crippen LogP contribution in [0.5, 0.6) is 17.2 Å². The number of rotatable bonds is 6. The second-order valence-corrected chi connectivity index (χ2v) is 6.28. The van der Waals surface area contributed by atoms with E-state index >= 15 is 0 Å². The number of ether oxygens (including phenoxy) is 1. The van der Waals surface area contributed by atoms with Crippen LogP contribution in [-0.4, -0.2) is 41.6 Å². The maximum atomic E-state index is 12.3.